The molecule has 234 valence electrons. The maximum atomic E-state index is 13.0. The number of nitrogens with zero attached hydrogens (tertiary/aromatic N) is 2. The number of hydrogen-bond donors (Lipinski definition) is 1. The quantitative estimate of drug-likeness (QED) is 0.0882. The molecule has 6 heteroatoms. The van der Waals surface area contributed by atoms with Gasteiger partial charge in [0.1, 0.15) is 5.75 Å². The van der Waals surface area contributed by atoms with Crippen molar-refractivity contribution in [1.82, 2.24) is 9.97 Å². The lowest BCUT2D eigenvalue weighted by molar-refractivity contribution is -0.141. The van der Waals surface area contributed by atoms with Crippen molar-refractivity contribution < 1.29 is 19.4 Å². The zero-order valence-electron chi connectivity index (χ0n) is 26.3. The van der Waals surface area contributed by atoms with E-state index in [-0.39, 0.29) is 18.6 Å². The Morgan fingerprint density at radius 1 is 0.674 bits per heavy atom. The van der Waals surface area contributed by atoms with Gasteiger partial charge in [-0.25, -0.2) is 9.97 Å². The van der Waals surface area contributed by atoms with Gasteiger partial charge in [0.2, 0.25) is 0 Å². The summed E-state index contributed by atoms with van der Waals surface area (Å²) >= 11 is 0. The van der Waals surface area contributed by atoms with Crippen molar-refractivity contribution in [3.8, 4) is 39.4 Å². The van der Waals surface area contributed by atoms with E-state index in [0.717, 1.165) is 52.2 Å². The Balaban J connectivity index is 1.15. The number of carbonyl (C=O) groups is 2. The van der Waals surface area contributed by atoms with Gasteiger partial charge < -0.3 is 9.84 Å². The molecule has 0 fully saturated rings. The second-order valence-electron chi connectivity index (χ2n) is 11.6. The molecule has 0 unspecified atom stereocenters. The van der Waals surface area contributed by atoms with Crippen molar-refractivity contribution in [3.05, 3.63) is 127 Å². The van der Waals surface area contributed by atoms with Gasteiger partial charge in [-0.1, -0.05) is 124 Å². The van der Waals surface area contributed by atoms with Gasteiger partial charge in [0.05, 0.1) is 12.5 Å². The zero-order valence-corrected chi connectivity index (χ0v) is 26.3. The average Bonchev–Trinajstić information content (AvgIpc) is 3.10. The van der Waals surface area contributed by atoms with E-state index in [9.17, 15) is 14.7 Å². The third-order valence-electron chi connectivity index (χ3n) is 8.15. The molecule has 1 atom stereocenters. The molecule has 0 aliphatic carbocycles. The summed E-state index contributed by atoms with van der Waals surface area (Å²) in [4.78, 5) is 34.2. The Hall–Kier alpha value is -5.10. The van der Waals surface area contributed by atoms with E-state index >= 15 is 0 Å². The Morgan fingerprint density at radius 2 is 1.26 bits per heavy atom. The van der Waals surface area contributed by atoms with E-state index in [1.165, 1.54) is 25.7 Å². The average molecular weight is 613 g/mol. The minimum Gasteiger partial charge on any atom is -0.494 e. The van der Waals surface area contributed by atoms with Crippen molar-refractivity contribution >= 4 is 11.8 Å². The number of ketones is 1. The van der Waals surface area contributed by atoms with Crippen LogP contribution in [-0.4, -0.2) is 33.4 Å². The molecule has 4 aromatic carbocycles. The summed E-state index contributed by atoms with van der Waals surface area (Å²) in [5, 5.41) is 9.89. The molecule has 6 nitrogen and oxygen atoms in total. The molecule has 5 aromatic rings. The fourth-order valence-electron chi connectivity index (χ4n) is 5.41. The number of aliphatic carboxylic acids is 1. The van der Waals surface area contributed by atoms with Crippen molar-refractivity contribution in [2.75, 3.05) is 6.61 Å². The van der Waals surface area contributed by atoms with Crippen LogP contribution in [0.15, 0.2) is 116 Å². The Bertz CT molecular complexity index is 1680. The van der Waals surface area contributed by atoms with Crippen LogP contribution in [0.2, 0.25) is 0 Å². The molecule has 5 rings (SSSR count). The van der Waals surface area contributed by atoms with Gasteiger partial charge in [0.25, 0.3) is 0 Å². The third kappa shape index (κ3) is 8.98. The van der Waals surface area contributed by atoms with Crippen LogP contribution in [0, 0.1) is 5.92 Å². The highest BCUT2D eigenvalue weighted by atomic mass is 16.5. The lowest BCUT2D eigenvalue weighted by Gasteiger charge is -2.13. The molecule has 0 aliphatic rings. The number of carboxylic acid groups (broad SMARTS) is 1. The first-order valence-corrected chi connectivity index (χ1v) is 16.1. The summed E-state index contributed by atoms with van der Waals surface area (Å²) in [6, 6.07) is 32.8. The summed E-state index contributed by atoms with van der Waals surface area (Å²) in [5.41, 5.74) is 6.18. The van der Waals surface area contributed by atoms with E-state index in [4.69, 9.17) is 4.74 Å². The van der Waals surface area contributed by atoms with Gasteiger partial charge in [-0.2, -0.15) is 0 Å². The fourth-order valence-corrected chi connectivity index (χ4v) is 5.41. The Morgan fingerprint density at radius 3 is 1.91 bits per heavy atom. The molecule has 1 heterocycles. The number of rotatable bonds is 16. The summed E-state index contributed by atoms with van der Waals surface area (Å²) in [7, 11) is 0. The van der Waals surface area contributed by atoms with Crippen LogP contribution in [0.4, 0.5) is 0 Å². The Kier molecular flexibility index (Phi) is 11.4. The lowest BCUT2D eigenvalue weighted by Crippen LogP contribution is -2.20. The van der Waals surface area contributed by atoms with Gasteiger partial charge in [-0.3, -0.25) is 9.59 Å². The number of unbranched alkanes of at least 4 members (excludes halogenated alkanes) is 4. The normalized spacial score (nSPS) is 11.6. The predicted octanol–water partition coefficient (Wildman–Crippen LogP) is 9.34. The van der Waals surface area contributed by atoms with Gasteiger partial charge in [-0.05, 0) is 47.2 Å². The first kappa shape index (κ1) is 32.3. The standard InChI is InChI=1S/C40H40N2O4/c1-2-3-4-5-9-24-46-37-22-20-32(21-23-37)36-27-41-39(42-28-36)34-14-12-29(13-15-34)25-35(40(44)45)26-38(43)33-18-16-31(17-19-33)30-10-7-6-8-11-30/h6-8,10-23,27-28,35H,2-5,9,24-26H2,1H3,(H,44,45)/t35-/m1/s1. The molecule has 0 spiro atoms. The molecule has 0 saturated carbocycles. The number of Topliss-reactive ketones (excluding diaryl/α,β-unsaturated/α-hetero) is 1. The summed E-state index contributed by atoms with van der Waals surface area (Å²) in [5.74, 6) is -0.548. The number of carboxylic acids is 1. The Labute approximate surface area is 271 Å². The maximum absolute atomic E-state index is 13.0. The molecule has 0 radical (unpaired) electrons. The number of ether oxygens (including phenoxy) is 1. The van der Waals surface area contributed by atoms with Gasteiger partial charge >= 0.3 is 5.97 Å². The van der Waals surface area contributed by atoms with Gasteiger partial charge in [0, 0.05) is 35.5 Å². The first-order valence-electron chi connectivity index (χ1n) is 16.1. The van der Waals surface area contributed by atoms with Crippen molar-refractivity contribution in [1.29, 1.82) is 0 Å². The molecule has 1 N–H and O–H groups in total. The van der Waals surface area contributed by atoms with E-state index < -0.39 is 11.9 Å². The van der Waals surface area contributed by atoms with Crippen LogP contribution < -0.4 is 4.74 Å². The van der Waals surface area contributed by atoms with Gasteiger partial charge in [-0.15, -0.1) is 0 Å². The summed E-state index contributed by atoms with van der Waals surface area (Å²) in [6.45, 7) is 2.95. The highest BCUT2D eigenvalue weighted by Gasteiger charge is 2.23. The van der Waals surface area contributed by atoms with Crippen molar-refractivity contribution in [2.45, 2.75) is 51.9 Å². The van der Waals surface area contributed by atoms with Crippen LogP contribution in [0.5, 0.6) is 5.75 Å². The van der Waals surface area contributed by atoms with E-state index in [2.05, 4.69) is 16.9 Å². The van der Waals surface area contributed by atoms with E-state index in [1.807, 2.05) is 91.0 Å². The minimum atomic E-state index is -0.987. The predicted molar refractivity (Wildman–Crippen MR) is 183 cm³/mol. The zero-order chi connectivity index (χ0) is 32.1. The van der Waals surface area contributed by atoms with Crippen molar-refractivity contribution in [3.63, 3.8) is 0 Å². The van der Waals surface area contributed by atoms with Crippen LogP contribution in [0.25, 0.3) is 33.6 Å². The monoisotopic (exact) mass is 612 g/mol. The highest BCUT2D eigenvalue weighted by molar-refractivity contribution is 5.98. The third-order valence-corrected chi connectivity index (χ3v) is 8.15. The topological polar surface area (TPSA) is 89.4 Å². The molecule has 0 aliphatic heterocycles. The lowest BCUT2D eigenvalue weighted by atomic mass is 9.91. The minimum absolute atomic E-state index is 0.0709. The molecule has 0 amide bonds. The largest absolute Gasteiger partial charge is 0.494 e. The molecule has 46 heavy (non-hydrogen) atoms. The highest BCUT2D eigenvalue weighted by Crippen LogP contribution is 2.25. The molecular weight excluding hydrogens is 572 g/mol. The van der Waals surface area contributed by atoms with Crippen LogP contribution in [0.1, 0.15) is 61.4 Å². The van der Waals surface area contributed by atoms with Crippen LogP contribution in [0.3, 0.4) is 0 Å². The van der Waals surface area contributed by atoms with Crippen LogP contribution >= 0.6 is 0 Å². The number of aromatic nitrogens is 2. The van der Waals surface area contributed by atoms with Crippen molar-refractivity contribution in [2.24, 2.45) is 5.92 Å². The number of benzene rings is 4. The van der Waals surface area contributed by atoms with E-state index in [0.29, 0.717) is 11.4 Å². The number of hydrogen-bond acceptors (Lipinski definition) is 5. The summed E-state index contributed by atoms with van der Waals surface area (Å²) < 4.78 is 5.88. The fraction of sp³-hybridized carbons (Fsp3) is 0.250. The van der Waals surface area contributed by atoms with Gasteiger partial charge in [0.15, 0.2) is 11.6 Å². The molecule has 1 aromatic heterocycles. The SMILES string of the molecule is CCCCCCCOc1ccc(-c2cnc(-c3ccc(C[C@H](CC(=O)c4ccc(-c5ccccc5)cc4)C(=O)O)cc3)nc2)cc1. The first-order chi connectivity index (χ1) is 22.5. The molecule has 0 bridgehead atoms. The molecular formula is C40H40N2O4. The summed E-state index contributed by atoms with van der Waals surface area (Å²) in [6.07, 6.45) is 9.85. The second-order valence-corrected chi connectivity index (χ2v) is 11.6. The maximum Gasteiger partial charge on any atom is 0.307 e. The van der Waals surface area contributed by atoms with E-state index in [1.54, 1.807) is 24.5 Å². The molecule has 0 saturated heterocycles. The van der Waals surface area contributed by atoms with Crippen LogP contribution in [-0.2, 0) is 11.2 Å². The second kappa shape index (κ2) is 16.3. The smallest absolute Gasteiger partial charge is 0.307 e. The number of carbonyl (C=O) groups excluding carboxylic acids is 1.